The third kappa shape index (κ3) is 4.64. The number of amides is 2. The third-order valence-electron chi connectivity index (χ3n) is 6.47. The molecular formula is C26H25N3O5S. The summed E-state index contributed by atoms with van der Waals surface area (Å²) in [4.78, 5) is 42.1. The van der Waals surface area contributed by atoms with E-state index in [1.54, 1.807) is 12.3 Å². The minimum atomic E-state index is -1.05. The average Bonchev–Trinajstić information content (AvgIpc) is 3.61. The van der Waals surface area contributed by atoms with Crippen LogP contribution in [0.4, 0.5) is 4.79 Å². The highest BCUT2D eigenvalue weighted by atomic mass is 32.2. The number of carboxylic acid groups (broad SMARTS) is 1. The summed E-state index contributed by atoms with van der Waals surface area (Å²) < 4.78 is 5.62. The molecule has 9 heteroatoms. The van der Waals surface area contributed by atoms with E-state index in [2.05, 4.69) is 22.4 Å². The monoisotopic (exact) mass is 491 g/mol. The van der Waals surface area contributed by atoms with Gasteiger partial charge in [0, 0.05) is 30.0 Å². The van der Waals surface area contributed by atoms with Crippen LogP contribution in [0.15, 0.2) is 66.9 Å². The van der Waals surface area contributed by atoms with Crippen LogP contribution in [0.3, 0.4) is 0 Å². The standard InChI is InChI=1S/C26H25N3O5S/c30-24(29-15-35-14-23(29)25(31)32)22(12-16-6-5-11-27-16)28-26(33)34-13-21-19-9-3-1-7-17(19)18-8-2-4-10-20(18)21/h1-11,21-23,27H,12-15H2,(H,28,33)(H,31,32). The topological polar surface area (TPSA) is 112 Å². The predicted octanol–water partition coefficient (Wildman–Crippen LogP) is 3.45. The molecule has 2 aliphatic rings. The van der Waals surface area contributed by atoms with Gasteiger partial charge >= 0.3 is 12.1 Å². The first-order valence-electron chi connectivity index (χ1n) is 11.4. The number of carbonyl (C=O) groups is 3. The summed E-state index contributed by atoms with van der Waals surface area (Å²) in [5.41, 5.74) is 5.20. The van der Waals surface area contributed by atoms with Crippen molar-refractivity contribution >= 4 is 29.7 Å². The SMILES string of the molecule is O=C(NC(Cc1ccc[nH]1)C(=O)N1CSCC1C(=O)O)OCC1c2ccccc2-c2ccccc21. The summed E-state index contributed by atoms with van der Waals surface area (Å²) in [6.07, 6.45) is 1.22. The van der Waals surface area contributed by atoms with Crippen molar-refractivity contribution in [1.29, 1.82) is 0 Å². The van der Waals surface area contributed by atoms with Gasteiger partial charge in [-0.3, -0.25) is 4.79 Å². The Morgan fingerprint density at radius 1 is 1.06 bits per heavy atom. The maximum absolute atomic E-state index is 13.3. The number of H-pyrrole nitrogens is 1. The van der Waals surface area contributed by atoms with Crippen molar-refractivity contribution in [2.75, 3.05) is 18.2 Å². The molecule has 8 nitrogen and oxygen atoms in total. The smallest absolute Gasteiger partial charge is 0.407 e. The third-order valence-corrected chi connectivity index (χ3v) is 7.48. The zero-order chi connectivity index (χ0) is 24.4. The molecule has 0 radical (unpaired) electrons. The van der Waals surface area contributed by atoms with E-state index in [4.69, 9.17) is 4.74 Å². The average molecular weight is 492 g/mol. The van der Waals surface area contributed by atoms with Crippen molar-refractivity contribution in [2.45, 2.75) is 24.4 Å². The van der Waals surface area contributed by atoms with Crippen molar-refractivity contribution in [3.8, 4) is 11.1 Å². The van der Waals surface area contributed by atoms with Crippen LogP contribution >= 0.6 is 11.8 Å². The Hall–Kier alpha value is -3.72. The Morgan fingerprint density at radius 2 is 1.74 bits per heavy atom. The van der Waals surface area contributed by atoms with Crippen molar-refractivity contribution in [3.63, 3.8) is 0 Å². The molecular weight excluding hydrogens is 466 g/mol. The molecule has 0 bridgehead atoms. The van der Waals surface area contributed by atoms with E-state index in [9.17, 15) is 19.5 Å². The number of alkyl carbamates (subject to hydrolysis) is 1. The Bertz CT molecular complexity index is 1200. The summed E-state index contributed by atoms with van der Waals surface area (Å²) in [6.45, 7) is 0.126. The molecule has 2 heterocycles. The number of nitrogens with one attached hydrogen (secondary N) is 2. The van der Waals surface area contributed by atoms with Crippen molar-refractivity contribution in [3.05, 3.63) is 83.7 Å². The van der Waals surface area contributed by atoms with Crippen LogP contribution < -0.4 is 5.32 Å². The number of nitrogens with zero attached hydrogens (tertiary/aromatic N) is 1. The van der Waals surface area contributed by atoms with E-state index < -0.39 is 30.1 Å². The first-order chi connectivity index (χ1) is 17.0. The fraction of sp³-hybridized carbons (Fsp3) is 0.269. The van der Waals surface area contributed by atoms with Gasteiger partial charge in [-0.05, 0) is 34.4 Å². The molecule has 0 saturated carbocycles. The maximum Gasteiger partial charge on any atom is 0.407 e. The fourth-order valence-electron chi connectivity index (χ4n) is 4.76. The van der Waals surface area contributed by atoms with E-state index in [1.807, 2.05) is 42.5 Å². The number of fused-ring (bicyclic) bond motifs is 3. The Kier molecular flexibility index (Phi) is 6.50. The molecule has 2 amide bonds. The number of rotatable bonds is 7. The summed E-state index contributed by atoms with van der Waals surface area (Å²) in [6, 6.07) is 17.9. The number of hydrogen-bond acceptors (Lipinski definition) is 5. The zero-order valence-electron chi connectivity index (χ0n) is 18.8. The highest BCUT2D eigenvalue weighted by molar-refractivity contribution is 7.99. The number of thioether (sulfide) groups is 1. The molecule has 2 atom stereocenters. The molecule has 5 rings (SSSR count). The molecule has 1 saturated heterocycles. The normalized spacial score (nSPS) is 17.5. The number of hydrogen-bond donors (Lipinski definition) is 3. The summed E-state index contributed by atoms with van der Waals surface area (Å²) in [5.74, 6) is -1.00. The first-order valence-corrected chi connectivity index (χ1v) is 12.5. The van der Waals surface area contributed by atoms with Gasteiger partial charge in [0.25, 0.3) is 0 Å². The quantitative estimate of drug-likeness (QED) is 0.467. The van der Waals surface area contributed by atoms with Gasteiger partial charge in [-0.25, -0.2) is 9.59 Å². The summed E-state index contributed by atoms with van der Waals surface area (Å²) in [7, 11) is 0. The molecule has 35 heavy (non-hydrogen) atoms. The molecule has 2 aromatic carbocycles. The van der Waals surface area contributed by atoms with Gasteiger partial charge in [0.15, 0.2) is 0 Å². The lowest BCUT2D eigenvalue weighted by Crippen LogP contribution is -2.53. The van der Waals surface area contributed by atoms with Crippen LogP contribution in [0.2, 0.25) is 0 Å². The van der Waals surface area contributed by atoms with Crippen LogP contribution in [0.1, 0.15) is 22.7 Å². The number of aliphatic carboxylic acids is 1. The van der Waals surface area contributed by atoms with Gasteiger partial charge in [0.2, 0.25) is 5.91 Å². The molecule has 3 N–H and O–H groups in total. The van der Waals surface area contributed by atoms with Crippen molar-refractivity contribution in [1.82, 2.24) is 15.2 Å². The van der Waals surface area contributed by atoms with Gasteiger partial charge in [-0.15, -0.1) is 11.8 Å². The summed E-state index contributed by atoms with van der Waals surface area (Å²) in [5, 5.41) is 12.2. The molecule has 180 valence electrons. The van der Waals surface area contributed by atoms with Gasteiger partial charge in [0.05, 0.1) is 5.88 Å². The van der Waals surface area contributed by atoms with Crippen LogP contribution in [0, 0.1) is 0 Å². The van der Waals surface area contributed by atoms with Gasteiger partial charge in [0.1, 0.15) is 18.7 Å². The lowest BCUT2D eigenvalue weighted by molar-refractivity contribution is -0.148. The van der Waals surface area contributed by atoms with Gasteiger partial charge in [-0.2, -0.15) is 0 Å². The van der Waals surface area contributed by atoms with Crippen molar-refractivity contribution in [2.24, 2.45) is 0 Å². The first kappa shape index (κ1) is 23.0. The number of aromatic nitrogens is 1. The molecule has 1 fully saturated rings. The van der Waals surface area contributed by atoms with Crippen LogP contribution in [0.5, 0.6) is 0 Å². The molecule has 3 aromatic rings. The molecule has 1 aromatic heterocycles. The number of carboxylic acids is 1. The molecule has 1 aliphatic heterocycles. The van der Waals surface area contributed by atoms with Crippen LogP contribution in [0.25, 0.3) is 11.1 Å². The van der Waals surface area contributed by atoms with E-state index >= 15 is 0 Å². The lowest BCUT2D eigenvalue weighted by Gasteiger charge is -2.26. The highest BCUT2D eigenvalue weighted by Crippen LogP contribution is 2.44. The van der Waals surface area contributed by atoms with E-state index in [-0.39, 0.29) is 24.8 Å². The fourth-order valence-corrected chi connectivity index (χ4v) is 5.92. The van der Waals surface area contributed by atoms with Gasteiger partial charge < -0.3 is 25.0 Å². The van der Waals surface area contributed by atoms with Crippen LogP contribution in [-0.2, 0) is 20.7 Å². The molecule has 1 aliphatic carbocycles. The minimum absolute atomic E-state index is 0.0999. The second kappa shape index (κ2) is 9.87. The Morgan fingerprint density at radius 3 is 2.37 bits per heavy atom. The molecule has 2 unspecified atom stereocenters. The highest BCUT2D eigenvalue weighted by Gasteiger charge is 2.38. The molecule has 0 spiro atoms. The summed E-state index contributed by atoms with van der Waals surface area (Å²) >= 11 is 1.38. The number of aromatic amines is 1. The van der Waals surface area contributed by atoms with Crippen LogP contribution in [-0.4, -0.2) is 63.3 Å². The number of ether oxygens (including phenoxy) is 1. The maximum atomic E-state index is 13.3. The van der Waals surface area contributed by atoms with Crippen molar-refractivity contribution < 1.29 is 24.2 Å². The van der Waals surface area contributed by atoms with Gasteiger partial charge in [-0.1, -0.05) is 48.5 Å². The largest absolute Gasteiger partial charge is 0.480 e. The van der Waals surface area contributed by atoms with E-state index in [0.717, 1.165) is 27.9 Å². The zero-order valence-corrected chi connectivity index (χ0v) is 19.7. The second-order valence-corrected chi connectivity index (χ2v) is 9.58. The second-order valence-electron chi connectivity index (χ2n) is 8.58. The van der Waals surface area contributed by atoms with E-state index in [0.29, 0.717) is 5.75 Å². The minimum Gasteiger partial charge on any atom is -0.480 e. The Labute approximate surface area is 206 Å². The number of benzene rings is 2. The lowest BCUT2D eigenvalue weighted by atomic mass is 9.98. The number of carbonyl (C=O) groups excluding carboxylic acids is 2. The Balaban J connectivity index is 1.30. The predicted molar refractivity (Wildman–Crippen MR) is 132 cm³/mol. The van der Waals surface area contributed by atoms with E-state index in [1.165, 1.54) is 16.7 Å².